The summed E-state index contributed by atoms with van der Waals surface area (Å²) in [5, 5.41) is 2.63. The van der Waals surface area contributed by atoms with Crippen LogP contribution in [0.25, 0.3) is 39.1 Å². The van der Waals surface area contributed by atoms with E-state index in [1.807, 2.05) is 0 Å². The highest BCUT2D eigenvalue weighted by molar-refractivity contribution is 5.99. The number of fused-ring (bicyclic) bond motifs is 5. The van der Waals surface area contributed by atoms with Gasteiger partial charge in [-0.2, -0.15) is 0 Å². The summed E-state index contributed by atoms with van der Waals surface area (Å²) >= 11 is 0. The summed E-state index contributed by atoms with van der Waals surface area (Å²) in [7, 11) is 0. The molecule has 7 rings (SSSR count). The third kappa shape index (κ3) is 3.13. The van der Waals surface area contributed by atoms with E-state index in [1.165, 1.54) is 60.8 Å². The van der Waals surface area contributed by atoms with Crippen molar-refractivity contribution in [1.82, 2.24) is 0 Å². The van der Waals surface area contributed by atoms with Crippen molar-refractivity contribution < 1.29 is 0 Å². The van der Waals surface area contributed by atoms with Gasteiger partial charge < -0.3 is 0 Å². The van der Waals surface area contributed by atoms with Crippen LogP contribution in [0.15, 0.2) is 109 Å². The monoisotopic (exact) mass is 448 g/mol. The predicted octanol–water partition coefficient (Wildman–Crippen LogP) is 9.41. The van der Waals surface area contributed by atoms with Crippen LogP contribution in [0.4, 0.5) is 0 Å². The van der Waals surface area contributed by atoms with E-state index in [-0.39, 0.29) is 0 Å². The van der Waals surface area contributed by atoms with E-state index in [0.717, 1.165) is 19.3 Å². The molecule has 0 N–H and O–H groups in total. The van der Waals surface area contributed by atoms with E-state index in [4.69, 9.17) is 0 Å². The summed E-state index contributed by atoms with van der Waals surface area (Å²) in [5.74, 6) is 0.337. The maximum absolute atomic E-state index is 2.52. The summed E-state index contributed by atoms with van der Waals surface area (Å²) in [6.45, 7) is 2.30. The average Bonchev–Trinajstić information content (AvgIpc) is 3.47. The molecule has 0 heteroatoms. The van der Waals surface area contributed by atoms with Gasteiger partial charge in [-0.15, -0.1) is 0 Å². The lowest BCUT2D eigenvalue weighted by Crippen LogP contribution is -2.05. The maximum atomic E-state index is 2.52. The van der Waals surface area contributed by atoms with Gasteiger partial charge in [-0.05, 0) is 73.7 Å². The number of rotatable bonds is 4. The fourth-order valence-corrected chi connectivity index (χ4v) is 6.48. The number of hydrogen-bond acceptors (Lipinski definition) is 0. The van der Waals surface area contributed by atoms with Gasteiger partial charge >= 0.3 is 0 Å². The van der Waals surface area contributed by atoms with E-state index in [2.05, 4.69) is 116 Å². The molecule has 0 saturated carbocycles. The molecule has 2 aliphatic rings. The lowest BCUT2D eigenvalue weighted by Gasteiger charge is -2.21. The van der Waals surface area contributed by atoms with Crippen molar-refractivity contribution in [2.45, 2.75) is 32.1 Å². The Labute approximate surface area is 207 Å². The standard InChI is InChI=1S/C35H28/c1-2-10-25-22-34-30(28-16-7-13-23-11-3-5-14-26(23)28)18-9-20-32(34)35(25)31-19-8-17-29-27-15-6-4-12-24(27)21-33(29)31/h3-9,11-20,22,35H,2,10,21H2,1H3. The van der Waals surface area contributed by atoms with Gasteiger partial charge in [0.1, 0.15) is 0 Å². The second kappa shape index (κ2) is 8.10. The zero-order valence-corrected chi connectivity index (χ0v) is 20.1. The van der Waals surface area contributed by atoms with Crippen LogP contribution < -0.4 is 0 Å². The molecule has 0 spiro atoms. The van der Waals surface area contributed by atoms with Crippen LogP contribution in [0.3, 0.4) is 0 Å². The molecule has 35 heavy (non-hydrogen) atoms. The first kappa shape index (κ1) is 20.5. The number of benzene rings is 5. The van der Waals surface area contributed by atoms with Gasteiger partial charge in [-0.3, -0.25) is 0 Å². The molecule has 0 saturated heterocycles. The lowest BCUT2D eigenvalue weighted by atomic mass is 9.82. The summed E-state index contributed by atoms with van der Waals surface area (Å²) in [6.07, 6.45) is 5.85. The molecular weight excluding hydrogens is 420 g/mol. The Morgan fingerprint density at radius 1 is 0.629 bits per heavy atom. The highest BCUT2D eigenvalue weighted by Crippen LogP contribution is 2.50. The molecule has 0 heterocycles. The first-order valence-electron chi connectivity index (χ1n) is 12.8. The summed E-state index contributed by atoms with van der Waals surface area (Å²) in [6, 6.07) is 38.3. The third-order valence-electron chi connectivity index (χ3n) is 7.97. The topological polar surface area (TPSA) is 0 Å². The first-order chi connectivity index (χ1) is 17.3. The fraction of sp³-hybridized carbons (Fsp3) is 0.143. The molecule has 0 bridgehead atoms. The van der Waals surface area contributed by atoms with Crippen LogP contribution in [0.1, 0.15) is 53.5 Å². The van der Waals surface area contributed by atoms with E-state index in [9.17, 15) is 0 Å². The van der Waals surface area contributed by atoms with E-state index in [0.29, 0.717) is 5.92 Å². The molecule has 1 atom stereocenters. The molecule has 0 fully saturated rings. The minimum absolute atomic E-state index is 0.337. The van der Waals surface area contributed by atoms with Crippen molar-refractivity contribution in [2.24, 2.45) is 0 Å². The minimum Gasteiger partial charge on any atom is -0.0651 e. The molecule has 0 aromatic heterocycles. The maximum Gasteiger partial charge on any atom is 0.0311 e. The Hall–Kier alpha value is -3.90. The Bertz CT molecular complexity index is 1630. The second-order valence-electron chi connectivity index (χ2n) is 9.94. The van der Waals surface area contributed by atoms with Crippen molar-refractivity contribution in [3.63, 3.8) is 0 Å². The van der Waals surface area contributed by atoms with Crippen molar-refractivity contribution in [3.8, 4) is 22.3 Å². The molecule has 2 aliphatic carbocycles. The third-order valence-corrected chi connectivity index (χ3v) is 7.97. The minimum atomic E-state index is 0.337. The summed E-state index contributed by atoms with van der Waals surface area (Å²) in [4.78, 5) is 0. The molecule has 168 valence electrons. The molecular formula is C35H28. The Balaban J connectivity index is 1.43. The van der Waals surface area contributed by atoms with Gasteiger partial charge in [0.05, 0.1) is 0 Å². The zero-order valence-electron chi connectivity index (χ0n) is 20.1. The smallest absolute Gasteiger partial charge is 0.0311 e. The first-order valence-corrected chi connectivity index (χ1v) is 12.8. The van der Waals surface area contributed by atoms with Gasteiger partial charge in [0.2, 0.25) is 0 Å². The van der Waals surface area contributed by atoms with Crippen molar-refractivity contribution in [2.75, 3.05) is 0 Å². The molecule has 0 amide bonds. The van der Waals surface area contributed by atoms with Crippen LogP contribution in [-0.2, 0) is 6.42 Å². The van der Waals surface area contributed by atoms with Gasteiger partial charge in [-0.25, -0.2) is 0 Å². The second-order valence-corrected chi connectivity index (χ2v) is 9.94. The molecule has 5 aromatic rings. The van der Waals surface area contributed by atoms with E-state index >= 15 is 0 Å². The van der Waals surface area contributed by atoms with Gasteiger partial charge in [0.15, 0.2) is 0 Å². The van der Waals surface area contributed by atoms with Crippen LogP contribution in [0.2, 0.25) is 0 Å². The zero-order chi connectivity index (χ0) is 23.4. The van der Waals surface area contributed by atoms with Crippen LogP contribution >= 0.6 is 0 Å². The molecule has 0 aliphatic heterocycles. The molecule has 0 radical (unpaired) electrons. The molecule has 1 unspecified atom stereocenters. The largest absolute Gasteiger partial charge is 0.0651 e. The Kier molecular flexibility index (Phi) is 4.74. The van der Waals surface area contributed by atoms with E-state index < -0.39 is 0 Å². The van der Waals surface area contributed by atoms with Crippen molar-refractivity contribution in [3.05, 3.63) is 137 Å². The average molecular weight is 449 g/mol. The van der Waals surface area contributed by atoms with Gasteiger partial charge in [-0.1, -0.05) is 128 Å². The SMILES string of the molecule is CCCC1=Cc2c(-c3cccc4ccccc34)cccc2C1c1cccc2c1Cc1ccccc1-2. The molecule has 5 aromatic carbocycles. The Morgan fingerprint density at radius 2 is 1.31 bits per heavy atom. The van der Waals surface area contributed by atoms with Crippen molar-refractivity contribution >= 4 is 16.8 Å². The van der Waals surface area contributed by atoms with Crippen LogP contribution in [0, 0.1) is 0 Å². The molecule has 0 nitrogen and oxygen atoms in total. The number of allylic oxidation sites excluding steroid dienone is 1. The van der Waals surface area contributed by atoms with Gasteiger partial charge in [0.25, 0.3) is 0 Å². The fourth-order valence-electron chi connectivity index (χ4n) is 6.48. The number of hydrogen-bond donors (Lipinski definition) is 0. The van der Waals surface area contributed by atoms with Gasteiger partial charge in [0, 0.05) is 5.92 Å². The normalized spacial score (nSPS) is 15.6. The predicted molar refractivity (Wildman–Crippen MR) is 149 cm³/mol. The lowest BCUT2D eigenvalue weighted by molar-refractivity contribution is 0.824. The quantitative estimate of drug-likeness (QED) is 0.252. The highest BCUT2D eigenvalue weighted by Gasteiger charge is 2.32. The van der Waals surface area contributed by atoms with Crippen molar-refractivity contribution in [1.29, 1.82) is 0 Å². The van der Waals surface area contributed by atoms with E-state index in [1.54, 1.807) is 5.57 Å². The Morgan fingerprint density at radius 3 is 2.23 bits per heavy atom. The summed E-state index contributed by atoms with van der Waals surface area (Å²) in [5.41, 5.74) is 14.4. The van der Waals surface area contributed by atoms with Crippen LogP contribution in [-0.4, -0.2) is 0 Å². The van der Waals surface area contributed by atoms with Crippen LogP contribution in [0.5, 0.6) is 0 Å². The highest BCUT2D eigenvalue weighted by atomic mass is 14.4. The summed E-state index contributed by atoms with van der Waals surface area (Å²) < 4.78 is 0.